The van der Waals surface area contributed by atoms with E-state index in [1.165, 1.54) is 6.42 Å². The summed E-state index contributed by atoms with van der Waals surface area (Å²) in [5, 5.41) is 12.4. The van der Waals surface area contributed by atoms with Gasteiger partial charge in [-0.05, 0) is 44.2 Å². The molecule has 0 aromatic heterocycles. The number of hydrogen-bond donors (Lipinski definition) is 2. The first-order chi connectivity index (χ1) is 5.52. The second-order valence-corrected chi connectivity index (χ2v) is 4.73. The average molecular weight is 171 g/mol. The second-order valence-electron chi connectivity index (χ2n) is 4.73. The Bertz CT molecular complexity index is 143. The van der Waals surface area contributed by atoms with Crippen molar-refractivity contribution in [1.82, 2.24) is 5.32 Å². The van der Waals surface area contributed by atoms with Gasteiger partial charge in [0.1, 0.15) is 0 Å². The van der Waals surface area contributed by atoms with Crippen LogP contribution in [0.15, 0.2) is 0 Å². The molecule has 0 amide bonds. The van der Waals surface area contributed by atoms with Crippen molar-refractivity contribution in [2.45, 2.75) is 39.7 Å². The van der Waals surface area contributed by atoms with E-state index in [2.05, 4.69) is 19.2 Å². The molecule has 1 aliphatic carbocycles. The fourth-order valence-electron chi connectivity index (χ4n) is 1.51. The number of aliphatic hydroxyl groups is 1. The van der Waals surface area contributed by atoms with Crippen LogP contribution in [0.5, 0.6) is 0 Å². The Labute approximate surface area is 75.4 Å². The number of nitrogens with one attached hydrogen (secondary N) is 1. The van der Waals surface area contributed by atoms with E-state index in [4.69, 9.17) is 5.11 Å². The normalized spacial score (nSPS) is 28.5. The number of aliphatic hydroxyl groups excluding tert-OH is 1. The van der Waals surface area contributed by atoms with Crippen molar-refractivity contribution in [1.29, 1.82) is 0 Å². The molecule has 1 rings (SSSR count). The van der Waals surface area contributed by atoms with Gasteiger partial charge in [0.25, 0.3) is 0 Å². The van der Waals surface area contributed by atoms with Crippen LogP contribution >= 0.6 is 0 Å². The molecular formula is C10H21NO. The van der Waals surface area contributed by atoms with Gasteiger partial charge in [-0.3, -0.25) is 0 Å². The molecule has 0 aromatic rings. The van der Waals surface area contributed by atoms with E-state index in [-0.39, 0.29) is 6.10 Å². The van der Waals surface area contributed by atoms with Crippen LogP contribution in [0, 0.1) is 11.3 Å². The first kappa shape index (κ1) is 10.0. The second kappa shape index (κ2) is 3.75. The molecular weight excluding hydrogens is 150 g/mol. The maximum absolute atomic E-state index is 9.00. The summed E-state index contributed by atoms with van der Waals surface area (Å²) >= 11 is 0. The third-order valence-electron chi connectivity index (χ3n) is 2.85. The molecule has 0 saturated heterocycles. The lowest BCUT2D eigenvalue weighted by Gasteiger charge is -2.07. The minimum atomic E-state index is -0.162. The van der Waals surface area contributed by atoms with Crippen LogP contribution in [-0.2, 0) is 0 Å². The van der Waals surface area contributed by atoms with Crippen LogP contribution in [0.1, 0.15) is 33.6 Å². The van der Waals surface area contributed by atoms with Gasteiger partial charge in [0.15, 0.2) is 0 Å². The van der Waals surface area contributed by atoms with Crippen molar-refractivity contribution in [3.8, 4) is 0 Å². The fraction of sp³-hybridized carbons (Fsp3) is 1.00. The molecule has 1 saturated carbocycles. The molecule has 0 radical (unpaired) electrons. The summed E-state index contributed by atoms with van der Waals surface area (Å²) in [6.07, 6.45) is 2.06. The molecule has 0 aromatic carbocycles. The molecule has 2 nitrogen and oxygen atoms in total. The van der Waals surface area contributed by atoms with E-state index < -0.39 is 0 Å². The van der Waals surface area contributed by atoms with Gasteiger partial charge in [-0.25, -0.2) is 0 Å². The molecule has 0 heterocycles. The SMILES string of the molecule is CC(O)CCNCC1CC1(C)C. The van der Waals surface area contributed by atoms with Crippen LogP contribution in [0.2, 0.25) is 0 Å². The minimum absolute atomic E-state index is 0.162. The van der Waals surface area contributed by atoms with Gasteiger partial charge in [-0.1, -0.05) is 13.8 Å². The Morgan fingerprint density at radius 2 is 2.17 bits per heavy atom. The zero-order valence-electron chi connectivity index (χ0n) is 8.43. The molecule has 0 aliphatic heterocycles. The van der Waals surface area contributed by atoms with E-state index in [0.717, 1.165) is 25.4 Å². The van der Waals surface area contributed by atoms with Crippen LogP contribution in [-0.4, -0.2) is 24.3 Å². The topological polar surface area (TPSA) is 32.3 Å². The zero-order chi connectivity index (χ0) is 9.19. The lowest BCUT2D eigenvalue weighted by atomic mass is 10.1. The summed E-state index contributed by atoms with van der Waals surface area (Å²) < 4.78 is 0. The average Bonchev–Trinajstić information content (AvgIpc) is 2.51. The summed E-state index contributed by atoms with van der Waals surface area (Å²) in [6.45, 7) is 8.54. The first-order valence-corrected chi connectivity index (χ1v) is 4.91. The molecule has 1 aliphatic rings. The smallest absolute Gasteiger partial charge is 0.0524 e. The summed E-state index contributed by atoms with van der Waals surface area (Å²) in [7, 11) is 0. The lowest BCUT2D eigenvalue weighted by molar-refractivity contribution is 0.183. The Morgan fingerprint density at radius 1 is 1.58 bits per heavy atom. The molecule has 2 heteroatoms. The van der Waals surface area contributed by atoms with Crippen LogP contribution < -0.4 is 5.32 Å². The first-order valence-electron chi connectivity index (χ1n) is 4.91. The maximum atomic E-state index is 9.00. The van der Waals surface area contributed by atoms with Gasteiger partial charge < -0.3 is 10.4 Å². The Morgan fingerprint density at radius 3 is 2.58 bits per heavy atom. The van der Waals surface area contributed by atoms with Crippen molar-refractivity contribution < 1.29 is 5.11 Å². The molecule has 12 heavy (non-hydrogen) atoms. The molecule has 0 spiro atoms. The molecule has 2 N–H and O–H groups in total. The van der Waals surface area contributed by atoms with Gasteiger partial charge in [-0.2, -0.15) is 0 Å². The fourth-order valence-corrected chi connectivity index (χ4v) is 1.51. The largest absolute Gasteiger partial charge is 0.393 e. The van der Waals surface area contributed by atoms with E-state index in [0.29, 0.717) is 5.41 Å². The standard InChI is InChI=1S/C10H21NO/c1-8(12)4-5-11-7-9-6-10(9,2)3/h8-9,11-12H,4-7H2,1-3H3. The predicted molar refractivity (Wildman–Crippen MR) is 51.1 cm³/mol. The highest BCUT2D eigenvalue weighted by molar-refractivity contribution is 4.95. The molecule has 0 bridgehead atoms. The van der Waals surface area contributed by atoms with Gasteiger partial charge in [0.2, 0.25) is 0 Å². The Kier molecular flexibility index (Phi) is 3.13. The Balaban J connectivity index is 1.91. The van der Waals surface area contributed by atoms with Gasteiger partial charge in [0, 0.05) is 0 Å². The van der Waals surface area contributed by atoms with Crippen LogP contribution in [0.3, 0.4) is 0 Å². The van der Waals surface area contributed by atoms with E-state index in [1.807, 2.05) is 6.92 Å². The van der Waals surface area contributed by atoms with Crippen molar-refractivity contribution in [3.63, 3.8) is 0 Å². The lowest BCUT2D eigenvalue weighted by Crippen LogP contribution is -2.22. The van der Waals surface area contributed by atoms with Crippen molar-refractivity contribution >= 4 is 0 Å². The highest BCUT2D eigenvalue weighted by Gasteiger charge is 2.44. The highest BCUT2D eigenvalue weighted by atomic mass is 16.3. The van der Waals surface area contributed by atoms with Crippen LogP contribution in [0.4, 0.5) is 0 Å². The predicted octanol–water partition coefficient (Wildman–Crippen LogP) is 1.39. The van der Waals surface area contributed by atoms with E-state index >= 15 is 0 Å². The monoisotopic (exact) mass is 171 g/mol. The van der Waals surface area contributed by atoms with Crippen molar-refractivity contribution in [2.75, 3.05) is 13.1 Å². The summed E-state index contributed by atoms with van der Waals surface area (Å²) in [5.74, 6) is 0.867. The van der Waals surface area contributed by atoms with Gasteiger partial charge in [-0.15, -0.1) is 0 Å². The third kappa shape index (κ3) is 3.11. The van der Waals surface area contributed by atoms with Crippen LogP contribution in [0.25, 0.3) is 0 Å². The molecule has 72 valence electrons. The number of rotatable bonds is 5. The zero-order valence-corrected chi connectivity index (χ0v) is 8.43. The minimum Gasteiger partial charge on any atom is -0.393 e. The Hall–Kier alpha value is -0.0800. The van der Waals surface area contributed by atoms with Gasteiger partial charge in [0.05, 0.1) is 6.10 Å². The maximum Gasteiger partial charge on any atom is 0.0524 e. The summed E-state index contributed by atoms with van der Waals surface area (Å²) in [4.78, 5) is 0. The van der Waals surface area contributed by atoms with Crippen molar-refractivity contribution in [2.24, 2.45) is 11.3 Å². The van der Waals surface area contributed by atoms with E-state index in [9.17, 15) is 0 Å². The highest BCUT2D eigenvalue weighted by Crippen LogP contribution is 2.50. The molecule has 1 fully saturated rings. The van der Waals surface area contributed by atoms with Gasteiger partial charge >= 0.3 is 0 Å². The van der Waals surface area contributed by atoms with Crippen molar-refractivity contribution in [3.05, 3.63) is 0 Å². The number of hydrogen-bond acceptors (Lipinski definition) is 2. The molecule has 2 unspecified atom stereocenters. The molecule has 2 atom stereocenters. The summed E-state index contributed by atoms with van der Waals surface area (Å²) in [5.41, 5.74) is 0.581. The van der Waals surface area contributed by atoms with E-state index in [1.54, 1.807) is 0 Å². The summed E-state index contributed by atoms with van der Waals surface area (Å²) in [6, 6.07) is 0. The quantitative estimate of drug-likeness (QED) is 0.613. The third-order valence-corrected chi connectivity index (χ3v) is 2.85.